The Kier molecular flexibility index (Phi) is 6.47. The van der Waals surface area contributed by atoms with Crippen molar-refractivity contribution in [3.8, 4) is 17.5 Å². The highest BCUT2D eigenvalue weighted by atomic mass is 16.6. The van der Waals surface area contributed by atoms with Gasteiger partial charge in [0.2, 0.25) is 5.88 Å². The molecule has 0 aromatic carbocycles. The average Bonchev–Trinajstić information content (AvgIpc) is 2.87. The molecule has 0 amide bonds. The summed E-state index contributed by atoms with van der Waals surface area (Å²) in [5.74, 6) is 1.60. The van der Waals surface area contributed by atoms with Gasteiger partial charge in [-0.25, -0.2) is 4.98 Å². The first-order valence-electron chi connectivity index (χ1n) is 11.1. The summed E-state index contributed by atoms with van der Waals surface area (Å²) in [5, 5.41) is 22.6. The van der Waals surface area contributed by atoms with Gasteiger partial charge in [0, 0.05) is 37.3 Å². The lowest BCUT2D eigenvalue weighted by molar-refractivity contribution is -0.0717. The number of nitrogens with zero attached hydrogens (tertiary/aromatic N) is 4. The molecule has 0 saturated carbocycles. The molecule has 10 heteroatoms. The highest BCUT2D eigenvalue weighted by molar-refractivity contribution is 5.78. The van der Waals surface area contributed by atoms with Crippen molar-refractivity contribution in [3.05, 3.63) is 41.7 Å². The van der Waals surface area contributed by atoms with E-state index in [1.54, 1.807) is 19.4 Å². The topological polar surface area (TPSA) is 121 Å². The standard InChI is InChI=1S/C23H27N5O5/c1-30-21-5-3-17-22(26-21)14(6-7-24-17)10-18(29)19-4-2-15(13-33-19)25-12-16-11-20-23(28-27-16)32-9-8-31-20/h3,5-7,11,15,18-19,25,29H,2,4,8-10,12-13H2,1H3/t15-,18+,19+/m1/s1. The molecular formula is C23H27N5O5. The van der Waals surface area contributed by atoms with E-state index >= 15 is 0 Å². The van der Waals surface area contributed by atoms with Gasteiger partial charge >= 0.3 is 0 Å². The molecule has 2 aliphatic rings. The summed E-state index contributed by atoms with van der Waals surface area (Å²) in [6, 6.07) is 7.57. The summed E-state index contributed by atoms with van der Waals surface area (Å²) >= 11 is 0. The van der Waals surface area contributed by atoms with Crippen molar-refractivity contribution < 1.29 is 24.1 Å². The summed E-state index contributed by atoms with van der Waals surface area (Å²) in [4.78, 5) is 8.86. The number of aliphatic hydroxyl groups is 1. The Morgan fingerprint density at radius 1 is 1.18 bits per heavy atom. The molecule has 5 heterocycles. The molecule has 0 spiro atoms. The number of hydrogen-bond donors (Lipinski definition) is 2. The SMILES string of the molecule is COc1ccc2nccc(C[C@H](O)[C@@H]3CC[C@@H](NCc4cc5c(nn4)OCCO5)CO3)c2n1. The van der Waals surface area contributed by atoms with Gasteiger partial charge in [-0.3, -0.25) is 4.98 Å². The predicted octanol–water partition coefficient (Wildman–Crippen LogP) is 1.44. The van der Waals surface area contributed by atoms with Crippen molar-refractivity contribution in [2.75, 3.05) is 26.9 Å². The fourth-order valence-corrected chi connectivity index (χ4v) is 4.16. The molecule has 0 radical (unpaired) electrons. The van der Waals surface area contributed by atoms with Crippen LogP contribution < -0.4 is 19.5 Å². The first-order chi connectivity index (χ1) is 16.2. The molecule has 3 aromatic rings. The summed E-state index contributed by atoms with van der Waals surface area (Å²) in [7, 11) is 1.58. The molecule has 10 nitrogen and oxygen atoms in total. The van der Waals surface area contributed by atoms with Crippen LogP contribution in [0.5, 0.6) is 17.5 Å². The Hall–Kier alpha value is -3.08. The van der Waals surface area contributed by atoms with E-state index in [4.69, 9.17) is 18.9 Å². The second-order valence-corrected chi connectivity index (χ2v) is 8.19. The molecule has 0 aliphatic carbocycles. The third-order valence-electron chi connectivity index (χ3n) is 5.95. The van der Waals surface area contributed by atoms with Crippen LogP contribution >= 0.6 is 0 Å². The first kappa shape index (κ1) is 21.7. The van der Waals surface area contributed by atoms with Crippen LogP contribution in [0.3, 0.4) is 0 Å². The molecule has 174 valence electrons. The summed E-state index contributed by atoms with van der Waals surface area (Å²) in [5.41, 5.74) is 3.23. The van der Waals surface area contributed by atoms with Gasteiger partial charge in [-0.05, 0) is 30.5 Å². The summed E-state index contributed by atoms with van der Waals surface area (Å²) in [6.45, 7) is 2.09. The Bertz CT molecular complexity index is 1110. The van der Waals surface area contributed by atoms with Gasteiger partial charge in [0.15, 0.2) is 5.75 Å². The lowest BCUT2D eigenvalue weighted by atomic mass is 9.96. The molecule has 0 unspecified atom stereocenters. The van der Waals surface area contributed by atoms with E-state index in [2.05, 4.69) is 25.5 Å². The molecular weight excluding hydrogens is 426 g/mol. The highest BCUT2D eigenvalue weighted by Gasteiger charge is 2.28. The van der Waals surface area contributed by atoms with Crippen molar-refractivity contribution in [1.82, 2.24) is 25.5 Å². The van der Waals surface area contributed by atoms with Crippen molar-refractivity contribution in [1.29, 1.82) is 0 Å². The predicted molar refractivity (Wildman–Crippen MR) is 118 cm³/mol. The monoisotopic (exact) mass is 453 g/mol. The van der Waals surface area contributed by atoms with Crippen molar-refractivity contribution in [2.45, 2.75) is 44.1 Å². The zero-order valence-electron chi connectivity index (χ0n) is 18.4. The van der Waals surface area contributed by atoms with E-state index in [1.807, 2.05) is 18.2 Å². The van der Waals surface area contributed by atoms with Crippen LogP contribution in [0.4, 0.5) is 0 Å². The number of methoxy groups -OCH3 is 1. The molecule has 0 bridgehead atoms. The van der Waals surface area contributed by atoms with Crippen molar-refractivity contribution >= 4 is 11.0 Å². The summed E-state index contributed by atoms with van der Waals surface area (Å²) in [6.07, 6.45) is 2.96. The first-order valence-corrected chi connectivity index (χ1v) is 11.1. The molecule has 2 aliphatic heterocycles. The zero-order valence-corrected chi connectivity index (χ0v) is 18.4. The quantitative estimate of drug-likeness (QED) is 0.544. The third-order valence-corrected chi connectivity index (χ3v) is 5.95. The number of fused-ring (bicyclic) bond motifs is 2. The van der Waals surface area contributed by atoms with Crippen molar-refractivity contribution in [2.24, 2.45) is 0 Å². The Morgan fingerprint density at radius 2 is 2.09 bits per heavy atom. The Labute approximate surface area is 191 Å². The second-order valence-electron chi connectivity index (χ2n) is 8.19. The minimum atomic E-state index is -0.631. The lowest BCUT2D eigenvalue weighted by Crippen LogP contribution is -2.44. The maximum Gasteiger partial charge on any atom is 0.276 e. The van der Waals surface area contributed by atoms with E-state index in [0.717, 1.165) is 35.1 Å². The molecule has 1 saturated heterocycles. The lowest BCUT2D eigenvalue weighted by Gasteiger charge is -2.32. The molecule has 3 atom stereocenters. The molecule has 2 N–H and O–H groups in total. The van der Waals surface area contributed by atoms with E-state index < -0.39 is 6.10 Å². The largest absolute Gasteiger partial charge is 0.484 e. The van der Waals surface area contributed by atoms with E-state index in [0.29, 0.717) is 50.3 Å². The van der Waals surface area contributed by atoms with Crippen LogP contribution in [-0.4, -0.2) is 70.5 Å². The normalized spacial score (nSPS) is 21.0. The van der Waals surface area contributed by atoms with Crippen LogP contribution in [0.1, 0.15) is 24.1 Å². The van der Waals surface area contributed by atoms with Crippen molar-refractivity contribution in [3.63, 3.8) is 0 Å². The van der Waals surface area contributed by atoms with Gasteiger partial charge in [-0.15, -0.1) is 5.10 Å². The Morgan fingerprint density at radius 3 is 2.94 bits per heavy atom. The molecule has 33 heavy (non-hydrogen) atoms. The maximum absolute atomic E-state index is 10.9. The van der Waals surface area contributed by atoms with Gasteiger partial charge in [0.1, 0.15) is 13.2 Å². The fourth-order valence-electron chi connectivity index (χ4n) is 4.16. The van der Waals surface area contributed by atoms with Gasteiger partial charge in [0.25, 0.3) is 5.88 Å². The number of hydrogen-bond acceptors (Lipinski definition) is 10. The highest BCUT2D eigenvalue weighted by Crippen LogP contribution is 2.27. The van der Waals surface area contributed by atoms with Crippen LogP contribution in [0.15, 0.2) is 30.5 Å². The maximum atomic E-state index is 10.9. The molecule has 1 fully saturated rings. The third kappa shape index (κ3) is 4.97. The van der Waals surface area contributed by atoms with Crippen LogP contribution in [-0.2, 0) is 17.7 Å². The zero-order chi connectivity index (χ0) is 22.6. The molecule has 3 aromatic heterocycles. The molecule has 5 rings (SSSR count). The number of pyridine rings is 2. The van der Waals surface area contributed by atoms with E-state index in [-0.39, 0.29) is 12.1 Å². The minimum absolute atomic E-state index is 0.177. The fraction of sp³-hybridized carbons (Fsp3) is 0.478. The number of aromatic nitrogens is 4. The summed E-state index contributed by atoms with van der Waals surface area (Å²) < 4.78 is 22.2. The van der Waals surface area contributed by atoms with E-state index in [9.17, 15) is 5.11 Å². The number of aliphatic hydroxyl groups excluding tert-OH is 1. The van der Waals surface area contributed by atoms with Gasteiger partial charge in [0.05, 0.1) is 42.7 Å². The van der Waals surface area contributed by atoms with Crippen LogP contribution in [0.2, 0.25) is 0 Å². The van der Waals surface area contributed by atoms with E-state index in [1.165, 1.54) is 0 Å². The smallest absolute Gasteiger partial charge is 0.276 e. The van der Waals surface area contributed by atoms with Gasteiger partial charge in [-0.2, -0.15) is 5.10 Å². The minimum Gasteiger partial charge on any atom is -0.484 e. The number of rotatable bonds is 7. The van der Waals surface area contributed by atoms with Crippen LogP contribution in [0.25, 0.3) is 11.0 Å². The Balaban J connectivity index is 1.14. The van der Waals surface area contributed by atoms with Gasteiger partial charge < -0.3 is 29.4 Å². The number of nitrogens with one attached hydrogen (secondary N) is 1. The van der Waals surface area contributed by atoms with Crippen LogP contribution in [0, 0.1) is 0 Å². The number of ether oxygens (including phenoxy) is 4. The van der Waals surface area contributed by atoms with Gasteiger partial charge in [-0.1, -0.05) is 0 Å². The average molecular weight is 453 g/mol. The second kappa shape index (κ2) is 9.82.